The van der Waals surface area contributed by atoms with E-state index in [2.05, 4.69) is 4.74 Å². The van der Waals surface area contributed by atoms with Crippen LogP contribution in [0.5, 0.6) is 0 Å². The number of carbonyl (C=O) groups excluding carboxylic acids is 1. The molecule has 0 bridgehead atoms. The summed E-state index contributed by atoms with van der Waals surface area (Å²) in [5.74, 6) is -4.94. The van der Waals surface area contributed by atoms with Crippen molar-refractivity contribution in [1.29, 1.82) is 0 Å². The van der Waals surface area contributed by atoms with Crippen molar-refractivity contribution in [2.75, 3.05) is 6.61 Å². The molecule has 0 amide bonds. The number of ether oxygens (including phenoxy) is 1. The Labute approximate surface area is 101 Å². The van der Waals surface area contributed by atoms with Gasteiger partial charge < -0.3 is 45.3 Å². The highest BCUT2D eigenvalue weighted by Gasteiger charge is 2.49. The fourth-order valence-corrected chi connectivity index (χ4v) is 1.70. The Hall–Kier alpha value is -0.810. The number of hydrogen-bond donors (Lipinski definition) is 6. The number of carboxylic acid groups (broad SMARTS) is 1. The quantitative estimate of drug-likeness (QED) is 0.291. The molecule has 2 unspecified atom stereocenters. The van der Waals surface area contributed by atoms with Crippen LogP contribution in [0.15, 0.2) is 0 Å². The van der Waals surface area contributed by atoms with Gasteiger partial charge in [-0.05, 0) is 0 Å². The first-order valence-electron chi connectivity index (χ1n) is 5.17. The van der Waals surface area contributed by atoms with Gasteiger partial charge in [0.25, 0.3) is 0 Å². The fraction of sp³-hybridized carbons (Fsp3) is 0.889. The highest BCUT2D eigenvalue weighted by atomic mass is 16.7. The summed E-state index contributed by atoms with van der Waals surface area (Å²) in [7, 11) is 0. The summed E-state index contributed by atoms with van der Waals surface area (Å²) in [6, 6.07) is 0. The second-order valence-electron chi connectivity index (χ2n) is 4.16. The Balaban J connectivity index is 2.92. The van der Waals surface area contributed by atoms with Gasteiger partial charge in [0.1, 0.15) is 30.4 Å². The van der Waals surface area contributed by atoms with Crippen LogP contribution in [-0.2, 0) is 9.53 Å². The van der Waals surface area contributed by atoms with E-state index in [1.165, 1.54) is 0 Å². The third-order valence-electron chi connectivity index (χ3n) is 2.78. The van der Waals surface area contributed by atoms with Crippen LogP contribution in [0, 0.1) is 0 Å². The van der Waals surface area contributed by atoms with Crippen molar-refractivity contribution in [3.63, 3.8) is 0 Å². The van der Waals surface area contributed by atoms with Gasteiger partial charge in [0.05, 0.1) is 12.7 Å². The molecule has 1 fully saturated rings. The van der Waals surface area contributed by atoms with E-state index < -0.39 is 55.3 Å². The number of rotatable bonds is 4. The highest BCUT2D eigenvalue weighted by molar-refractivity contribution is 5.73. The van der Waals surface area contributed by atoms with E-state index >= 15 is 0 Å². The summed E-state index contributed by atoms with van der Waals surface area (Å²) in [5.41, 5.74) is 0. The molecule has 1 aliphatic heterocycles. The highest BCUT2D eigenvalue weighted by Crippen LogP contribution is 2.29. The van der Waals surface area contributed by atoms with Crippen molar-refractivity contribution < 1.29 is 45.3 Å². The smallest absolute Gasteiger partial charge is 0.210 e. The Bertz CT molecular complexity index is 308. The van der Waals surface area contributed by atoms with Crippen LogP contribution in [0.2, 0.25) is 0 Å². The Morgan fingerprint density at radius 3 is 2.44 bits per heavy atom. The second-order valence-corrected chi connectivity index (χ2v) is 4.16. The molecule has 0 aromatic rings. The minimum absolute atomic E-state index is 0.852. The molecule has 1 heterocycles. The number of aliphatic hydroxyl groups excluding tert-OH is 5. The normalized spacial score (nSPS) is 40.2. The summed E-state index contributed by atoms with van der Waals surface area (Å²) < 4.78 is 4.57. The number of aliphatic carboxylic acids is 1. The van der Waals surface area contributed by atoms with Crippen molar-refractivity contribution in [3.8, 4) is 0 Å². The molecule has 1 aliphatic rings. The molecular formula is C9H15O9-. The van der Waals surface area contributed by atoms with Crippen LogP contribution >= 0.6 is 0 Å². The van der Waals surface area contributed by atoms with Crippen LogP contribution in [-0.4, -0.2) is 79.5 Å². The molecule has 9 heteroatoms. The van der Waals surface area contributed by atoms with E-state index in [9.17, 15) is 35.4 Å². The predicted octanol–water partition coefficient (Wildman–Crippen LogP) is -5.35. The van der Waals surface area contributed by atoms with Crippen LogP contribution in [0.4, 0.5) is 0 Å². The zero-order valence-electron chi connectivity index (χ0n) is 9.21. The molecule has 0 saturated carbocycles. The lowest BCUT2D eigenvalue weighted by Gasteiger charge is -2.44. The molecule has 0 aromatic heterocycles. The summed E-state index contributed by atoms with van der Waals surface area (Å²) in [5, 5.41) is 66.4. The Kier molecular flexibility index (Phi) is 4.61. The summed E-state index contributed by atoms with van der Waals surface area (Å²) in [6.07, 6.45) is -9.71. The van der Waals surface area contributed by atoms with Gasteiger partial charge in [0.2, 0.25) is 5.79 Å². The molecule has 0 aromatic carbocycles. The van der Waals surface area contributed by atoms with Gasteiger partial charge in [-0.1, -0.05) is 0 Å². The third-order valence-corrected chi connectivity index (χ3v) is 2.78. The predicted molar refractivity (Wildman–Crippen MR) is 50.6 cm³/mol. The van der Waals surface area contributed by atoms with Gasteiger partial charge in [-0.25, -0.2) is 0 Å². The van der Waals surface area contributed by atoms with Crippen LogP contribution in [0.25, 0.3) is 0 Å². The molecule has 9 nitrogen and oxygen atoms in total. The minimum Gasteiger partial charge on any atom is -0.544 e. The van der Waals surface area contributed by atoms with E-state index in [-0.39, 0.29) is 0 Å². The largest absolute Gasteiger partial charge is 0.544 e. The first kappa shape index (κ1) is 15.2. The van der Waals surface area contributed by atoms with Crippen LogP contribution < -0.4 is 5.11 Å². The number of carbonyl (C=O) groups is 1. The van der Waals surface area contributed by atoms with Crippen molar-refractivity contribution in [2.45, 2.75) is 42.7 Å². The van der Waals surface area contributed by atoms with Crippen molar-refractivity contribution in [2.24, 2.45) is 0 Å². The molecule has 6 atom stereocenters. The molecule has 0 radical (unpaired) electrons. The molecular weight excluding hydrogens is 252 g/mol. The summed E-state index contributed by atoms with van der Waals surface area (Å²) in [6.45, 7) is -0.881. The number of aliphatic hydroxyl groups is 6. The van der Waals surface area contributed by atoms with Gasteiger partial charge in [-0.2, -0.15) is 0 Å². The summed E-state index contributed by atoms with van der Waals surface area (Å²) >= 11 is 0. The molecule has 6 N–H and O–H groups in total. The van der Waals surface area contributed by atoms with Gasteiger partial charge in [-0.15, -0.1) is 0 Å². The Morgan fingerprint density at radius 1 is 1.44 bits per heavy atom. The third kappa shape index (κ3) is 2.78. The van der Waals surface area contributed by atoms with Crippen molar-refractivity contribution in [1.82, 2.24) is 0 Å². The Morgan fingerprint density at radius 2 is 2.00 bits per heavy atom. The first-order chi connectivity index (χ1) is 8.23. The van der Waals surface area contributed by atoms with Gasteiger partial charge >= 0.3 is 0 Å². The lowest BCUT2D eigenvalue weighted by molar-refractivity contribution is -0.380. The number of hydrogen-bond acceptors (Lipinski definition) is 9. The summed E-state index contributed by atoms with van der Waals surface area (Å²) in [4.78, 5) is 10.7. The number of carboxylic acids is 1. The second kappa shape index (κ2) is 5.45. The van der Waals surface area contributed by atoms with E-state index in [0.29, 0.717) is 0 Å². The molecule has 1 rings (SSSR count). The monoisotopic (exact) mass is 267 g/mol. The van der Waals surface area contributed by atoms with Crippen LogP contribution in [0.3, 0.4) is 0 Å². The van der Waals surface area contributed by atoms with E-state index in [1.54, 1.807) is 0 Å². The average Bonchev–Trinajstić information content (AvgIpc) is 2.31. The lowest BCUT2D eigenvalue weighted by Crippen LogP contribution is -2.65. The maximum absolute atomic E-state index is 10.7. The van der Waals surface area contributed by atoms with Gasteiger partial charge in [0, 0.05) is 6.42 Å². The first-order valence-corrected chi connectivity index (χ1v) is 5.17. The van der Waals surface area contributed by atoms with E-state index in [1.807, 2.05) is 0 Å². The van der Waals surface area contributed by atoms with Crippen LogP contribution in [0.1, 0.15) is 6.42 Å². The lowest BCUT2D eigenvalue weighted by atomic mass is 9.91. The van der Waals surface area contributed by atoms with Gasteiger partial charge in [-0.3, -0.25) is 0 Å². The van der Waals surface area contributed by atoms with E-state index in [0.717, 1.165) is 0 Å². The average molecular weight is 267 g/mol. The minimum atomic E-state index is -2.89. The van der Waals surface area contributed by atoms with E-state index in [4.69, 9.17) is 5.11 Å². The standard InChI is InChI=1S/C9H16O9/c10-2-4(12)6(14)7-5(13)3(11)1-9(17,18-7)8(15)16/h3-7,10-14,17H,1-2H2,(H,15,16)/p-1/t3-,4-,5-,6?,7?,9-/m1/s1. The van der Waals surface area contributed by atoms with Gasteiger partial charge in [0.15, 0.2) is 0 Å². The fourth-order valence-electron chi connectivity index (χ4n) is 1.70. The maximum Gasteiger partial charge on any atom is 0.210 e. The molecule has 106 valence electrons. The topological polar surface area (TPSA) is 171 Å². The van der Waals surface area contributed by atoms with Crippen molar-refractivity contribution in [3.05, 3.63) is 0 Å². The molecule has 0 aliphatic carbocycles. The van der Waals surface area contributed by atoms with Crippen molar-refractivity contribution >= 4 is 5.97 Å². The maximum atomic E-state index is 10.7. The molecule has 18 heavy (non-hydrogen) atoms. The molecule has 0 spiro atoms. The zero-order chi connectivity index (χ0) is 14.1. The SMILES string of the molecule is O=C([O-])[C@@]1(O)C[C@@H](O)[C@@H](O)C(C(O)[C@H](O)CO)O1. The zero-order valence-corrected chi connectivity index (χ0v) is 9.21. The molecule has 1 saturated heterocycles.